The summed E-state index contributed by atoms with van der Waals surface area (Å²) in [6, 6.07) is 9.45. The fourth-order valence-electron chi connectivity index (χ4n) is 2.10. The lowest BCUT2D eigenvalue weighted by molar-refractivity contribution is -0.384. The Bertz CT molecular complexity index is 996. The number of amides is 1. The number of hydrogen-bond acceptors (Lipinski definition) is 5. The van der Waals surface area contributed by atoms with E-state index in [9.17, 15) is 19.3 Å². The average Bonchev–Trinajstić information content (AvgIpc) is 3.00. The summed E-state index contributed by atoms with van der Waals surface area (Å²) >= 11 is 5.84. The van der Waals surface area contributed by atoms with Gasteiger partial charge in [0.25, 0.3) is 5.69 Å². The monoisotopic (exact) mass is 361 g/mol. The standard InChI is InChI=1S/C16H9ClFN3O4/c17-12-2-1-3-13(18)11(12)8-19-20-16(22)15-7-9-6-10(21(23)24)4-5-14(9)25-15/h1-8H,(H,20,22)/b19-8-. The molecule has 7 nitrogen and oxygen atoms in total. The average molecular weight is 362 g/mol. The van der Waals surface area contributed by atoms with Crippen LogP contribution in [-0.4, -0.2) is 17.0 Å². The molecule has 0 aliphatic rings. The van der Waals surface area contributed by atoms with Crippen molar-refractivity contribution < 1.29 is 18.5 Å². The normalized spacial score (nSPS) is 11.1. The van der Waals surface area contributed by atoms with Crippen LogP contribution in [0.2, 0.25) is 5.02 Å². The molecule has 2 aromatic carbocycles. The van der Waals surface area contributed by atoms with Gasteiger partial charge in [-0.25, -0.2) is 9.82 Å². The number of non-ortho nitro benzene ring substituents is 1. The molecule has 0 unspecified atom stereocenters. The van der Waals surface area contributed by atoms with E-state index in [2.05, 4.69) is 10.5 Å². The molecule has 1 heterocycles. The second kappa shape index (κ2) is 6.70. The first-order valence-electron chi connectivity index (χ1n) is 6.91. The molecular formula is C16H9ClFN3O4. The number of fused-ring (bicyclic) bond motifs is 1. The first kappa shape index (κ1) is 16.6. The Labute approximate surface area is 144 Å². The van der Waals surface area contributed by atoms with Crippen molar-refractivity contribution in [2.45, 2.75) is 0 Å². The van der Waals surface area contributed by atoms with Crippen molar-refractivity contribution in [2.24, 2.45) is 5.10 Å². The lowest BCUT2D eigenvalue weighted by atomic mass is 10.2. The van der Waals surface area contributed by atoms with Crippen LogP contribution in [0.1, 0.15) is 16.1 Å². The SMILES string of the molecule is O=C(N/N=C\c1c(F)cccc1Cl)c1cc2cc([N+](=O)[O-])ccc2o1. The van der Waals surface area contributed by atoms with Crippen LogP contribution in [0.3, 0.4) is 0 Å². The molecule has 0 saturated carbocycles. The van der Waals surface area contributed by atoms with Crippen LogP contribution in [0.4, 0.5) is 10.1 Å². The second-order valence-electron chi connectivity index (χ2n) is 4.92. The van der Waals surface area contributed by atoms with Crippen molar-refractivity contribution >= 4 is 40.4 Å². The zero-order chi connectivity index (χ0) is 18.0. The number of benzene rings is 2. The van der Waals surface area contributed by atoms with Gasteiger partial charge in [0.2, 0.25) is 0 Å². The maximum absolute atomic E-state index is 13.6. The van der Waals surface area contributed by atoms with Crippen molar-refractivity contribution in [3.63, 3.8) is 0 Å². The fourth-order valence-corrected chi connectivity index (χ4v) is 2.31. The number of nitro groups is 1. The summed E-state index contributed by atoms with van der Waals surface area (Å²) in [7, 11) is 0. The quantitative estimate of drug-likeness (QED) is 0.433. The highest BCUT2D eigenvalue weighted by molar-refractivity contribution is 6.33. The number of halogens is 2. The first-order valence-corrected chi connectivity index (χ1v) is 7.29. The highest BCUT2D eigenvalue weighted by atomic mass is 35.5. The van der Waals surface area contributed by atoms with Gasteiger partial charge in [-0.2, -0.15) is 5.10 Å². The number of furan rings is 1. The van der Waals surface area contributed by atoms with E-state index in [0.717, 1.165) is 6.21 Å². The summed E-state index contributed by atoms with van der Waals surface area (Å²) in [4.78, 5) is 22.2. The Hall–Kier alpha value is -3.26. The topological polar surface area (TPSA) is 97.7 Å². The molecular weight excluding hydrogens is 353 g/mol. The molecule has 3 rings (SSSR count). The zero-order valence-corrected chi connectivity index (χ0v) is 13.2. The lowest BCUT2D eigenvalue weighted by Crippen LogP contribution is -2.16. The predicted molar refractivity (Wildman–Crippen MR) is 89.3 cm³/mol. The number of hydrazone groups is 1. The molecule has 3 aromatic rings. The third-order valence-electron chi connectivity index (χ3n) is 3.29. The smallest absolute Gasteiger partial charge is 0.307 e. The van der Waals surface area contributed by atoms with Gasteiger partial charge in [-0.05, 0) is 24.3 Å². The third-order valence-corrected chi connectivity index (χ3v) is 3.62. The van der Waals surface area contributed by atoms with Crippen LogP contribution in [0.25, 0.3) is 11.0 Å². The molecule has 126 valence electrons. The summed E-state index contributed by atoms with van der Waals surface area (Å²) in [5.74, 6) is -1.36. The molecule has 0 bridgehead atoms. The summed E-state index contributed by atoms with van der Waals surface area (Å²) < 4.78 is 18.9. The molecule has 0 saturated heterocycles. The van der Waals surface area contributed by atoms with Gasteiger partial charge in [-0.3, -0.25) is 14.9 Å². The van der Waals surface area contributed by atoms with Crippen LogP contribution < -0.4 is 5.43 Å². The van der Waals surface area contributed by atoms with Gasteiger partial charge in [-0.1, -0.05) is 17.7 Å². The van der Waals surface area contributed by atoms with E-state index < -0.39 is 16.6 Å². The molecule has 0 radical (unpaired) electrons. The van der Waals surface area contributed by atoms with Crippen LogP contribution in [0, 0.1) is 15.9 Å². The number of carbonyl (C=O) groups is 1. The first-order chi connectivity index (χ1) is 12.0. The van der Waals surface area contributed by atoms with Crippen molar-refractivity contribution in [3.8, 4) is 0 Å². The summed E-state index contributed by atoms with van der Waals surface area (Å²) in [6.45, 7) is 0. The molecule has 9 heteroatoms. The predicted octanol–water partition coefficient (Wildman–Crippen LogP) is 3.90. The highest BCUT2D eigenvalue weighted by Gasteiger charge is 2.14. The Kier molecular flexibility index (Phi) is 4.44. The molecule has 0 aliphatic heterocycles. The number of hydrogen-bond donors (Lipinski definition) is 1. The largest absolute Gasteiger partial charge is 0.451 e. The van der Waals surface area contributed by atoms with E-state index in [1.807, 2.05) is 0 Å². The van der Waals surface area contributed by atoms with Crippen LogP contribution in [0.5, 0.6) is 0 Å². The Morgan fingerprint density at radius 1 is 1.32 bits per heavy atom. The molecule has 1 aromatic heterocycles. The maximum Gasteiger partial charge on any atom is 0.307 e. The van der Waals surface area contributed by atoms with Crippen molar-refractivity contribution in [3.05, 3.63) is 74.7 Å². The van der Waals surface area contributed by atoms with Gasteiger partial charge >= 0.3 is 5.91 Å². The minimum atomic E-state index is -0.692. The van der Waals surface area contributed by atoms with E-state index in [1.54, 1.807) is 0 Å². The third kappa shape index (κ3) is 3.48. The minimum absolute atomic E-state index is 0.0321. The van der Waals surface area contributed by atoms with Crippen molar-refractivity contribution in [1.29, 1.82) is 0 Å². The van der Waals surface area contributed by atoms with Crippen LogP contribution in [0.15, 0.2) is 52.0 Å². The van der Waals surface area contributed by atoms with Gasteiger partial charge in [0.05, 0.1) is 16.2 Å². The zero-order valence-electron chi connectivity index (χ0n) is 12.4. The van der Waals surface area contributed by atoms with Gasteiger partial charge in [0.1, 0.15) is 11.4 Å². The second-order valence-corrected chi connectivity index (χ2v) is 5.33. The van der Waals surface area contributed by atoms with Crippen LogP contribution in [-0.2, 0) is 0 Å². The summed E-state index contributed by atoms with van der Waals surface area (Å²) in [6.07, 6.45) is 1.07. The molecule has 0 spiro atoms. The molecule has 1 N–H and O–H groups in total. The van der Waals surface area contributed by atoms with E-state index in [4.69, 9.17) is 16.0 Å². The van der Waals surface area contributed by atoms with Gasteiger partial charge in [0.15, 0.2) is 5.76 Å². The lowest BCUT2D eigenvalue weighted by Gasteiger charge is -1.99. The van der Waals surface area contributed by atoms with Crippen LogP contribution >= 0.6 is 11.6 Å². The van der Waals surface area contributed by atoms with E-state index >= 15 is 0 Å². The fraction of sp³-hybridized carbons (Fsp3) is 0. The van der Waals surface area contributed by atoms with Gasteiger partial charge in [0, 0.05) is 23.1 Å². The molecule has 0 atom stereocenters. The Morgan fingerprint density at radius 2 is 2.12 bits per heavy atom. The molecule has 0 fully saturated rings. The maximum atomic E-state index is 13.6. The highest BCUT2D eigenvalue weighted by Crippen LogP contribution is 2.24. The Balaban J connectivity index is 1.78. The van der Waals surface area contributed by atoms with Gasteiger partial charge < -0.3 is 4.42 Å². The minimum Gasteiger partial charge on any atom is -0.451 e. The Morgan fingerprint density at radius 3 is 2.84 bits per heavy atom. The summed E-state index contributed by atoms with van der Waals surface area (Å²) in [5, 5.41) is 14.9. The number of nitrogens with zero attached hydrogens (tertiary/aromatic N) is 2. The number of nitrogens with one attached hydrogen (secondary N) is 1. The van der Waals surface area contributed by atoms with Gasteiger partial charge in [-0.15, -0.1) is 0 Å². The van der Waals surface area contributed by atoms with Crippen molar-refractivity contribution in [2.75, 3.05) is 0 Å². The molecule has 0 aliphatic carbocycles. The molecule has 25 heavy (non-hydrogen) atoms. The summed E-state index contributed by atoms with van der Waals surface area (Å²) in [5.41, 5.74) is 2.41. The number of nitro benzene ring substituents is 1. The number of rotatable bonds is 4. The van der Waals surface area contributed by atoms with E-state index in [-0.39, 0.29) is 22.0 Å². The van der Waals surface area contributed by atoms with E-state index in [1.165, 1.54) is 42.5 Å². The van der Waals surface area contributed by atoms with E-state index in [0.29, 0.717) is 11.0 Å². The van der Waals surface area contributed by atoms with Crippen molar-refractivity contribution in [1.82, 2.24) is 5.43 Å². The number of carbonyl (C=O) groups excluding carboxylic acids is 1. The molecule has 1 amide bonds.